The van der Waals surface area contributed by atoms with Gasteiger partial charge >= 0.3 is 0 Å². The molecule has 1 aliphatic heterocycles. The summed E-state index contributed by atoms with van der Waals surface area (Å²) in [6.45, 7) is 0.136. The Morgan fingerprint density at radius 3 is 2.40 bits per heavy atom. The van der Waals surface area contributed by atoms with Crippen molar-refractivity contribution >= 4 is 41.1 Å². The van der Waals surface area contributed by atoms with Crippen LogP contribution in [0.4, 0.5) is 10.1 Å². The van der Waals surface area contributed by atoms with E-state index < -0.39 is 17.6 Å². The van der Waals surface area contributed by atoms with Crippen LogP contribution in [-0.4, -0.2) is 30.1 Å². The van der Waals surface area contributed by atoms with Crippen molar-refractivity contribution < 1.29 is 28.2 Å². The molecular weight excluding hydrogens is 531 g/mol. The summed E-state index contributed by atoms with van der Waals surface area (Å²) in [6, 6.07) is 26.2. The minimum atomic E-state index is -0.563. The topological polar surface area (TPSA) is 93.7 Å². The van der Waals surface area contributed by atoms with Gasteiger partial charge in [-0.25, -0.2) is 4.39 Å². The lowest BCUT2D eigenvalue weighted by atomic mass is 10.1. The zero-order chi connectivity index (χ0) is 27.9. The van der Waals surface area contributed by atoms with Crippen molar-refractivity contribution in [3.63, 3.8) is 0 Å². The standard InChI is InChI=1S/C31H23FN2O5S/c32-23-12-9-20(10-13-23)15-26(34-30(36)21-5-2-1-3-6-21)31(37)33-24-7-4-8-25(17-24)40-18-27(35)22-11-14-28-29(16-22)39-19-38-28/h1-17H,18-19H2,(H,33,37)(H,34,36)/b26-15-. The highest BCUT2D eigenvalue weighted by Gasteiger charge is 2.17. The summed E-state index contributed by atoms with van der Waals surface area (Å²) >= 11 is 1.33. The van der Waals surface area contributed by atoms with Crippen LogP contribution in [-0.2, 0) is 4.79 Å². The number of amides is 2. The number of nitrogens with one attached hydrogen (secondary N) is 2. The molecule has 2 N–H and O–H groups in total. The number of thioether (sulfide) groups is 1. The number of rotatable bonds is 9. The number of benzene rings is 4. The van der Waals surface area contributed by atoms with Crippen molar-refractivity contribution in [2.24, 2.45) is 0 Å². The van der Waals surface area contributed by atoms with Crippen molar-refractivity contribution in [3.8, 4) is 11.5 Å². The lowest BCUT2D eigenvalue weighted by Crippen LogP contribution is -2.30. The summed E-state index contributed by atoms with van der Waals surface area (Å²) in [6.07, 6.45) is 1.47. The molecule has 40 heavy (non-hydrogen) atoms. The average molecular weight is 555 g/mol. The number of carbonyl (C=O) groups excluding carboxylic acids is 3. The molecule has 1 heterocycles. The van der Waals surface area contributed by atoms with Gasteiger partial charge in [-0.3, -0.25) is 14.4 Å². The zero-order valence-electron chi connectivity index (χ0n) is 21.1. The van der Waals surface area contributed by atoms with E-state index in [1.165, 1.54) is 42.1 Å². The van der Waals surface area contributed by atoms with Gasteiger partial charge < -0.3 is 20.1 Å². The molecule has 0 spiro atoms. The molecule has 0 bridgehead atoms. The SMILES string of the molecule is O=C(Nc1cccc(SCC(=O)c2ccc3c(c2)OCO3)c1)/C(=C/c1ccc(F)cc1)NC(=O)c1ccccc1. The average Bonchev–Trinajstić information content (AvgIpc) is 3.45. The molecule has 0 aromatic heterocycles. The van der Waals surface area contributed by atoms with Crippen LogP contribution in [0.3, 0.4) is 0 Å². The number of fused-ring (bicyclic) bond motifs is 1. The lowest BCUT2D eigenvalue weighted by molar-refractivity contribution is -0.113. The maximum Gasteiger partial charge on any atom is 0.272 e. The van der Waals surface area contributed by atoms with Gasteiger partial charge in [0.2, 0.25) is 6.79 Å². The van der Waals surface area contributed by atoms with Crippen LogP contribution in [0.15, 0.2) is 108 Å². The normalized spacial score (nSPS) is 12.1. The first-order chi connectivity index (χ1) is 19.4. The van der Waals surface area contributed by atoms with Gasteiger partial charge in [0.05, 0.1) is 5.75 Å². The van der Waals surface area contributed by atoms with E-state index in [1.807, 2.05) is 6.07 Å². The van der Waals surface area contributed by atoms with Crippen LogP contribution in [0.5, 0.6) is 11.5 Å². The zero-order valence-corrected chi connectivity index (χ0v) is 21.9. The molecular formula is C31H23FN2O5S. The molecule has 9 heteroatoms. The Labute approximate surface area is 234 Å². The Balaban J connectivity index is 1.28. The summed E-state index contributed by atoms with van der Waals surface area (Å²) < 4.78 is 24.0. The van der Waals surface area contributed by atoms with Gasteiger partial charge in [0.15, 0.2) is 17.3 Å². The number of carbonyl (C=O) groups is 3. The molecule has 0 unspecified atom stereocenters. The van der Waals surface area contributed by atoms with Gasteiger partial charge in [0.25, 0.3) is 11.8 Å². The summed E-state index contributed by atoms with van der Waals surface area (Å²) in [4.78, 5) is 39.5. The molecule has 7 nitrogen and oxygen atoms in total. The Morgan fingerprint density at radius 2 is 1.60 bits per heavy atom. The first-order valence-electron chi connectivity index (χ1n) is 12.3. The molecule has 5 rings (SSSR count). The monoisotopic (exact) mass is 554 g/mol. The lowest BCUT2D eigenvalue weighted by Gasteiger charge is -2.12. The fraction of sp³-hybridized carbons (Fsp3) is 0.0645. The van der Waals surface area contributed by atoms with Crippen molar-refractivity contribution in [2.45, 2.75) is 4.90 Å². The number of ketones is 1. The van der Waals surface area contributed by atoms with Gasteiger partial charge in [0.1, 0.15) is 11.5 Å². The summed E-state index contributed by atoms with van der Waals surface area (Å²) in [5.41, 5.74) is 1.89. The van der Waals surface area contributed by atoms with Crippen LogP contribution < -0.4 is 20.1 Å². The molecule has 0 saturated carbocycles. The van der Waals surface area contributed by atoms with Crippen LogP contribution in [0.25, 0.3) is 6.08 Å². The first kappa shape index (κ1) is 26.7. The fourth-order valence-electron chi connectivity index (χ4n) is 3.83. The van der Waals surface area contributed by atoms with Crippen molar-refractivity contribution in [1.82, 2.24) is 5.32 Å². The van der Waals surface area contributed by atoms with Crippen molar-refractivity contribution in [3.05, 3.63) is 125 Å². The Morgan fingerprint density at radius 1 is 0.825 bits per heavy atom. The van der Waals surface area contributed by atoms with Gasteiger partial charge in [-0.15, -0.1) is 11.8 Å². The molecule has 4 aromatic rings. The van der Waals surface area contributed by atoms with Crippen LogP contribution in [0.1, 0.15) is 26.3 Å². The number of halogens is 1. The number of ether oxygens (including phenoxy) is 2. The Bertz CT molecular complexity index is 1590. The highest BCUT2D eigenvalue weighted by Crippen LogP contribution is 2.33. The molecule has 2 amide bonds. The molecule has 0 aliphatic carbocycles. The van der Waals surface area contributed by atoms with E-state index in [-0.39, 0.29) is 24.0 Å². The van der Waals surface area contributed by atoms with Crippen molar-refractivity contribution in [1.29, 1.82) is 0 Å². The maximum atomic E-state index is 13.4. The highest BCUT2D eigenvalue weighted by molar-refractivity contribution is 8.00. The maximum absolute atomic E-state index is 13.4. The largest absolute Gasteiger partial charge is 0.454 e. The third kappa shape index (κ3) is 6.75. The number of hydrogen-bond acceptors (Lipinski definition) is 6. The highest BCUT2D eigenvalue weighted by atomic mass is 32.2. The van der Waals surface area contributed by atoms with Crippen LogP contribution in [0.2, 0.25) is 0 Å². The minimum Gasteiger partial charge on any atom is -0.454 e. The van der Waals surface area contributed by atoms with Crippen LogP contribution >= 0.6 is 11.8 Å². The number of anilines is 1. The summed E-state index contributed by atoms with van der Waals surface area (Å²) in [7, 11) is 0. The van der Waals surface area contributed by atoms with Crippen molar-refractivity contribution in [2.75, 3.05) is 17.9 Å². The first-order valence-corrected chi connectivity index (χ1v) is 13.2. The van der Waals surface area contributed by atoms with Gasteiger partial charge in [-0.1, -0.05) is 36.4 Å². The van der Waals surface area contributed by atoms with E-state index in [9.17, 15) is 18.8 Å². The van der Waals surface area contributed by atoms with Gasteiger partial charge in [-0.2, -0.15) is 0 Å². The summed E-state index contributed by atoms with van der Waals surface area (Å²) in [5, 5.41) is 5.45. The second-order valence-corrected chi connectivity index (χ2v) is 9.74. The smallest absolute Gasteiger partial charge is 0.272 e. The van der Waals surface area contributed by atoms with E-state index in [2.05, 4.69) is 10.6 Å². The Kier molecular flexibility index (Phi) is 8.22. The molecule has 0 saturated heterocycles. The van der Waals surface area contributed by atoms with Crippen LogP contribution in [0, 0.1) is 5.82 Å². The quantitative estimate of drug-likeness (QED) is 0.151. The fourth-order valence-corrected chi connectivity index (χ4v) is 4.68. The van der Waals surface area contributed by atoms with E-state index in [4.69, 9.17) is 9.47 Å². The van der Waals surface area contributed by atoms with E-state index in [1.54, 1.807) is 66.7 Å². The third-order valence-corrected chi connectivity index (χ3v) is 6.86. The Hall–Kier alpha value is -4.89. The summed E-state index contributed by atoms with van der Waals surface area (Å²) in [5.74, 6) is -0.180. The predicted octanol–water partition coefficient (Wildman–Crippen LogP) is 5.94. The second-order valence-electron chi connectivity index (χ2n) is 8.69. The number of hydrogen-bond donors (Lipinski definition) is 2. The molecule has 4 aromatic carbocycles. The van der Waals surface area contributed by atoms with Gasteiger partial charge in [-0.05, 0) is 72.3 Å². The number of Topliss-reactive ketones (excluding diaryl/α,β-unsaturated/α-hetero) is 1. The van der Waals surface area contributed by atoms with Gasteiger partial charge in [0, 0.05) is 21.7 Å². The van der Waals surface area contributed by atoms with E-state index in [0.29, 0.717) is 33.9 Å². The molecule has 0 radical (unpaired) electrons. The molecule has 1 aliphatic rings. The second kappa shape index (κ2) is 12.3. The van der Waals surface area contributed by atoms with E-state index in [0.717, 1.165) is 4.90 Å². The third-order valence-electron chi connectivity index (χ3n) is 5.87. The molecule has 200 valence electrons. The molecule has 0 atom stereocenters. The van der Waals surface area contributed by atoms with E-state index >= 15 is 0 Å². The predicted molar refractivity (Wildman–Crippen MR) is 151 cm³/mol. The molecule has 0 fully saturated rings. The minimum absolute atomic E-state index is 0.0171.